The second-order valence-electron chi connectivity index (χ2n) is 4.45. The molecule has 1 rings (SSSR count). The molecule has 0 saturated heterocycles. The van der Waals surface area contributed by atoms with Gasteiger partial charge >= 0.3 is 0 Å². The van der Waals surface area contributed by atoms with E-state index in [2.05, 4.69) is 5.32 Å². The summed E-state index contributed by atoms with van der Waals surface area (Å²) in [5.41, 5.74) is 0. The quantitative estimate of drug-likeness (QED) is 0.644. The van der Waals surface area contributed by atoms with Crippen molar-refractivity contribution in [3.8, 4) is 0 Å². The SMILES string of the molecule is O=C(CCS(=O)(=O)C1CCCC1)NCCCO. The average molecular weight is 263 g/mol. The predicted octanol–water partition coefficient (Wildman–Crippen LogP) is 0.233. The minimum atomic E-state index is -3.10. The van der Waals surface area contributed by atoms with Crippen LogP contribution in [0.15, 0.2) is 0 Å². The van der Waals surface area contributed by atoms with Gasteiger partial charge in [0, 0.05) is 19.6 Å². The molecule has 6 heteroatoms. The minimum absolute atomic E-state index is 0.0284. The fraction of sp³-hybridized carbons (Fsp3) is 0.909. The van der Waals surface area contributed by atoms with Crippen molar-refractivity contribution in [3.05, 3.63) is 0 Å². The van der Waals surface area contributed by atoms with Crippen molar-refractivity contribution in [1.82, 2.24) is 5.32 Å². The molecule has 0 bridgehead atoms. The molecule has 17 heavy (non-hydrogen) atoms. The first-order valence-corrected chi connectivity index (χ1v) is 7.87. The van der Waals surface area contributed by atoms with Crippen LogP contribution in [0.25, 0.3) is 0 Å². The minimum Gasteiger partial charge on any atom is -0.396 e. The molecule has 1 amide bonds. The molecule has 0 radical (unpaired) electrons. The number of carbonyl (C=O) groups is 1. The Hall–Kier alpha value is -0.620. The molecule has 2 N–H and O–H groups in total. The van der Waals surface area contributed by atoms with E-state index in [1.54, 1.807) is 0 Å². The summed E-state index contributed by atoms with van der Waals surface area (Å²) in [6, 6.07) is 0. The number of nitrogens with one attached hydrogen (secondary N) is 1. The molecule has 5 nitrogen and oxygen atoms in total. The molecule has 0 aliphatic heterocycles. The van der Waals surface area contributed by atoms with E-state index in [9.17, 15) is 13.2 Å². The number of rotatable bonds is 7. The maximum atomic E-state index is 11.8. The Balaban J connectivity index is 2.26. The number of aliphatic hydroxyl groups is 1. The molecular formula is C11H21NO4S. The van der Waals surface area contributed by atoms with E-state index >= 15 is 0 Å². The molecule has 0 heterocycles. The highest BCUT2D eigenvalue weighted by Crippen LogP contribution is 2.25. The summed E-state index contributed by atoms with van der Waals surface area (Å²) in [7, 11) is -3.10. The first-order chi connectivity index (χ1) is 8.06. The largest absolute Gasteiger partial charge is 0.396 e. The van der Waals surface area contributed by atoms with E-state index < -0.39 is 9.84 Å². The zero-order chi connectivity index (χ0) is 12.7. The molecule has 1 saturated carbocycles. The lowest BCUT2D eigenvalue weighted by molar-refractivity contribution is -0.120. The van der Waals surface area contributed by atoms with E-state index in [1.807, 2.05) is 0 Å². The lowest BCUT2D eigenvalue weighted by Crippen LogP contribution is -2.29. The van der Waals surface area contributed by atoms with E-state index in [0.29, 0.717) is 13.0 Å². The molecule has 1 aliphatic carbocycles. The summed E-state index contributed by atoms with van der Waals surface area (Å²) < 4.78 is 23.7. The van der Waals surface area contributed by atoms with Gasteiger partial charge in [0.05, 0.1) is 11.0 Å². The highest BCUT2D eigenvalue weighted by atomic mass is 32.2. The molecular weight excluding hydrogens is 242 g/mol. The van der Waals surface area contributed by atoms with Gasteiger partial charge in [0.2, 0.25) is 5.91 Å². The molecule has 0 aromatic rings. The number of aliphatic hydroxyl groups excluding tert-OH is 1. The van der Waals surface area contributed by atoms with Gasteiger partial charge in [-0.3, -0.25) is 4.79 Å². The van der Waals surface area contributed by atoms with Gasteiger partial charge in [0.15, 0.2) is 9.84 Å². The van der Waals surface area contributed by atoms with Crippen LogP contribution in [0, 0.1) is 0 Å². The van der Waals surface area contributed by atoms with Crippen LogP contribution < -0.4 is 5.32 Å². The van der Waals surface area contributed by atoms with Crippen molar-refractivity contribution in [2.75, 3.05) is 18.9 Å². The van der Waals surface area contributed by atoms with Crippen LogP contribution in [-0.2, 0) is 14.6 Å². The maximum absolute atomic E-state index is 11.8. The van der Waals surface area contributed by atoms with Crippen LogP contribution in [0.2, 0.25) is 0 Å². The highest BCUT2D eigenvalue weighted by Gasteiger charge is 2.28. The lowest BCUT2D eigenvalue weighted by Gasteiger charge is -2.10. The van der Waals surface area contributed by atoms with E-state index in [0.717, 1.165) is 25.7 Å². The van der Waals surface area contributed by atoms with Gasteiger partial charge in [-0.2, -0.15) is 0 Å². The number of carbonyl (C=O) groups excluding carboxylic acids is 1. The van der Waals surface area contributed by atoms with E-state index in [4.69, 9.17) is 5.11 Å². The Morgan fingerprint density at radius 2 is 1.94 bits per heavy atom. The molecule has 0 aromatic heterocycles. The normalized spacial score (nSPS) is 17.2. The molecule has 1 aliphatic rings. The summed E-state index contributed by atoms with van der Waals surface area (Å²) in [6.45, 7) is 0.430. The van der Waals surface area contributed by atoms with Crippen molar-refractivity contribution in [3.63, 3.8) is 0 Å². The third-order valence-electron chi connectivity index (χ3n) is 3.08. The standard InChI is InChI=1S/C11H21NO4S/c13-8-3-7-12-11(14)6-9-17(15,16)10-4-1-2-5-10/h10,13H,1-9H2,(H,12,14). The molecule has 0 atom stereocenters. The van der Waals surface area contributed by atoms with Crippen LogP contribution in [0.3, 0.4) is 0 Å². The number of amides is 1. The van der Waals surface area contributed by atoms with Crippen molar-refractivity contribution in [1.29, 1.82) is 0 Å². The van der Waals surface area contributed by atoms with Crippen LogP contribution in [0.5, 0.6) is 0 Å². The highest BCUT2D eigenvalue weighted by molar-refractivity contribution is 7.92. The third kappa shape index (κ3) is 5.04. The van der Waals surface area contributed by atoms with E-state index in [1.165, 1.54) is 0 Å². The predicted molar refractivity (Wildman–Crippen MR) is 65.4 cm³/mol. The Morgan fingerprint density at radius 1 is 1.29 bits per heavy atom. The van der Waals surface area contributed by atoms with Gasteiger partial charge in [0.1, 0.15) is 0 Å². The fourth-order valence-corrected chi connectivity index (χ4v) is 3.90. The van der Waals surface area contributed by atoms with Crippen LogP contribution in [0.1, 0.15) is 38.5 Å². The Labute approximate surface area is 103 Å². The van der Waals surface area contributed by atoms with Gasteiger partial charge in [-0.1, -0.05) is 12.8 Å². The number of sulfone groups is 1. The second kappa shape index (κ2) is 6.96. The van der Waals surface area contributed by atoms with Gasteiger partial charge in [-0.05, 0) is 19.3 Å². The fourth-order valence-electron chi connectivity index (χ4n) is 2.04. The van der Waals surface area contributed by atoms with Crippen molar-refractivity contribution in [2.45, 2.75) is 43.8 Å². The number of hydrogen-bond donors (Lipinski definition) is 2. The summed E-state index contributed by atoms with van der Waals surface area (Å²) in [5.74, 6) is -0.303. The Bertz CT molecular complexity index is 333. The Morgan fingerprint density at radius 3 is 2.53 bits per heavy atom. The molecule has 0 aromatic carbocycles. The second-order valence-corrected chi connectivity index (χ2v) is 6.85. The summed E-state index contributed by atoms with van der Waals surface area (Å²) in [6.07, 6.45) is 3.98. The zero-order valence-electron chi connectivity index (χ0n) is 10.0. The molecule has 1 fully saturated rings. The monoisotopic (exact) mass is 263 g/mol. The topological polar surface area (TPSA) is 83.5 Å². The summed E-state index contributed by atoms with van der Waals surface area (Å²) in [5, 5.41) is 10.9. The van der Waals surface area contributed by atoms with Gasteiger partial charge in [-0.15, -0.1) is 0 Å². The molecule has 0 unspecified atom stereocenters. The van der Waals surface area contributed by atoms with Crippen molar-refractivity contribution in [2.24, 2.45) is 0 Å². The van der Waals surface area contributed by atoms with Gasteiger partial charge in [-0.25, -0.2) is 8.42 Å². The lowest BCUT2D eigenvalue weighted by atomic mass is 10.4. The van der Waals surface area contributed by atoms with Gasteiger partial charge in [0.25, 0.3) is 0 Å². The van der Waals surface area contributed by atoms with Crippen LogP contribution >= 0.6 is 0 Å². The van der Waals surface area contributed by atoms with Crippen LogP contribution in [0.4, 0.5) is 0 Å². The van der Waals surface area contributed by atoms with Crippen molar-refractivity contribution < 1.29 is 18.3 Å². The van der Waals surface area contributed by atoms with Gasteiger partial charge < -0.3 is 10.4 Å². The first kappa shape index (κ1) is 14.4. The summed E-state index contributed by atoms with van der Waals surface area (Å²) >= 11 is 0. The smallest absolute Gasteiger partial charge is 0.221 e. The summed E-state index contributed by atoms with van der Waals surface area (Å²) in [4.78, 5) is 11.3. The van der Waals surface area contributed by atoms with E-state index in [-0.39, 0.29) is 29.9 Å². The average Bonchev–Trinajstić information content (AvgIpc) is 2.81. The molecule has 100 valence electrons. The van der Waals surface area contributed by atoms with Crippen LogP contribution in [-0.4, -0.2) is 43.6 Å². The zero-order valence-corrected chi connectivity index (χ0v) is 10.8. The number of hydrogen-bond acceptors (Lipinski definition) is 4. The molecule has 0 spiro atoms. The van der Waals surface area contributed by atoms with Crippen molar-refractivity contribution >= 4 is 15.7 Å². The maximum Gasteiger partial charge on any atom is 0.221 e. The Kier molecular flexibility index (Phi) is 5.91. The third-order valence-corrected chi connectivity index (χ3v) is 5.34. The first-order valence-electron chi connectivity index (χ1n) is 6.15.